The molecule has 1 aliphatic carbocycles. The number of hydrogen-bond acceptors (Lipinski definition) is 4. The minimum Gasteiger partial charge on any atom is -0.387 e. The third-order valence-corrected chi connectivity index (χ3v) is 4.08. The Kier molecular flexibility index (Phi) is 3.97. The predicted molar refractivity (Wildman–Crippen MR) is 89.1 cm³/mol. The number of amides is 1. The molecule has 0 aliphatic heterocycles. The maximum absolute atomic E-state index is 12.5. The Labute approximate surface area is 133 Å². The Balaban J connectivity index is 1.88. The molecule has 0 bridgehead atoms. The molecule has 1 aliphatic rings. The van der Waals surface area contributed by atoms with Crippen LogP contribution < -0.4 is 10.6 Å². The maximum Gasteiger partial charge on any atom is 0.270 e. The molecule has 0 saturated carbocycles. The first-order valence-electron chi connectivity index (χ1n) is 7.48. The molecule has 0 spiro atoms. The summed E-state index contributed by atoms with van der Waals surface area (Å²) in [6, 6.07) is 10.1. The van der Waals surface area contributed by atoms with Gasteiger partial charge in [0.2, 0.25) is 0 Å². The molecule has 0 saturated heterocycles. The van der Waals surface area contributed by atoms with E-state index in [9.17, 15) is 14.9 Å². The molecule has 23 heavy (non-hydrogen) atoms. The molecular weight excluding hydrogens is 294 g/mol. The summed E-state index contributed by atoms with van der Waals surface area (Å²) in [6.45, 7) is 0. The summed E-state index contributed by atoms with van der Waals surface area (Å²) in [7, 11) is 1.67. The number of non-ortho nitro benzene ring substituents is 1. The SMILES string of the molecule is CNc1ccc([N+](=O)[O-])cc1C(=O)Nc1ccc2c(c1)CCC2. The average Bonchev–Trinajstić information content (AvgIpc) is 3.01. The molecule has 2 aromatic carbocycles. The van der Waals surface area contributed by atoms with Gasteiger partial charge in [0.15, 0.2) is 0 Å². The summed E-state index contributed by atoms with van der Waals surface area (Å²) in [5.74, 6) is -0.365. The van der Waals surface area contributed by atoms with Crippen molar-refractivity contribution in [2.45, 2.75) is 19.3 Å². The number of nitro groups is 1. The van der Waals surface area contributed by atoms with Crippen molar-refractivity contribution in [3.8, 4) is 0 Å². The van der Waals surface area contributed by atoms with Crippen LogP contribution in [0.1, 0.15) is 27.9 Å². The number of carbonyl (C=O) groups excluding carboxylic acids is 1. The lowest BCUT2D eigenvalue weighted by molar-refractivity contribution is -0.384. The Hall–Kier alpha value is -2.89. The molecule has 6 heteroatoms. The van der Waals surface area contributed by atoms with Gasteiger partial charge < -0.3 is 10.6 Å². The van der Waals surface area contributed by atoms with Crippen molar-refractivity contribution in [1.29, 1.82) is 0 Å². The van der Waals surface area contributed by atoms with Crippen LogP contribution in [-0.2, 0) is 12.8 Å². The first kappa shape index (κ1) is 15.0. The molecule has 3 rings (SSSR count). The Morgan fingerprint density at radius 3 is 2.65 bits per heavy atom. The molecule has 0 atom stereocenters. The molecule has 2 aromatic rings. The molecule has 6 nitrogen and oxygen atoms in total. The molecule has 0 radical (unpaired) electrons. The third-order valence-electron chi connectivity index (χ3n) is 4.08. The number of rotatable bonds is 4. The number of benzene rings is 2. The second-order valence-electron chi connectivity index (χ2n) is 5.53. The maximum atomic E-state index is 12.5. The predicted octanol–water partition coefficient (Wildman–Crippen LogP) is 3.38. The fourth-order valence-corrected chi connectivity index (χ4v) is 2.90. The summed E-state index contributed by atoms with van der Waals surface area (Å²) < 4.78 is 0. The highest BCUT2D eigenvalue weighted by Gasteiger charge is 2.17. The smallest absolute Gasteiger partial charge is 0.270 e. The quantitative estimate of drug-likeness (QED) is 0.669. The minimum atomic E-state index is -0.508. The number of aryl methyl sites for hydroxylation is 2. The van der Waals surface area contributed by atoms with Crippen LogP contribution in [0.25, 0.3) is 0 Å². The van der Waals surface area contributed by atoms with Gasteiger partial charge in [0, 0.05) is 30.6 Å². The Morgan fingerprint density at radius 2 is 1.91 bits per heavy atom. The van der Waals surface area contributed by atoms with Gasteiger partial charge in [0.25, 0.3) is 11.6 Å². The topological polar surface area (TPSA) is 84.3 Å². The van der Waals surface area contributed by atoms with E-state index in [1.165, 1.54) is 29.3 Å². The van der Waals surface area contributed by atoms with Gasteiger partial charge in [-0.25, -0.2) is 0 Å². The first-order valence-corrected chi connectivity index (χ1v) is 7.48. The van der Waals surface area contributed by atoms with Crippen LogP contribution in [0, 0.1) is 10.1 Å². The van der Waals surface area contributed by atoms with Crippen LogP contribution in [0.2, 0.25) is 0 Å². The zero-order valence-corrected chi connectivity index (χ0v) is 12.8. The zero-order chi connectivity index (χ0) is 16.4. The van der Waals surface area contributed by atoms with E-state index in [2.05, 4.69) is 10.6 Å². The molecular formula is C17H17N3O3. The van der Waals surface area contributed by atoms with Gasteiger partial charge in [0.05, 0.1) is 10.5 Å². The lowest BCUT2D eigenvalue weighted by Gasteiger charge is -2.11. The van der Waals surface area contributed by atoms with Gasteiger partial charge in [-0.15, -0.1) is 0 Å². The summed E-state index contributed by atoms with van der Waals surface area (Å²) in [4.78, 5) is 22.9. The Morgan fingerprint density at radius 1 is 1.13 bits per heavy atom. The zero-order valence-electron chi connectivity index (χ0n) is 12.8. The number of fused-ring (bicyclic) bond motifs is 1. The van der Waals surface area contributed by atoms with Crippen molar-refractivity contribution in [1.82, 2.24) is 0 Å². The van der Waals surface area contributed by atoms with Crippen molar-refractivity contribution in [2.24, 2.45) is 0 Å². The molecule has 0 aromatic heterocycles. The van der Waals surface area contributed by atoms with Crippen LogP contribution in [0.5, 0.6) is 0 Å². The standard InChI is InChI=1S/C17H17N3O3/c1-18-16-8-7-14(20(22)23)10-15(16)17(21)19-13-6-5-11-3-2-4-12(11)9-13/h5-10,18H,2-4H2,1H3,(H,19,21). The van der Waals surface area contributed by atoms with Crippen LogP contribution in [0.4, 0.5) is 17.1 Å². The second kappa shape index (κ2) is 6.08. The van der Waals surface area contributed by atoms with Gasteiger partial charge in [0.1, 0.15) is 0 Å². The number of hydrogen-bond donors (Lipinski definition) is 2. The van der Waals surface area contributed by atoms with Crippen molar-refractivity contribution in [2.75, 3.05) is 17.7 Å². The van der Waals surface area contributed by atoms with Crippen LogP contribution in [0.3, 0.4) is 0 Å². The van der Waals surface area contributed by atoms with E-state index in [0.29, 0.717) is 11.4 Å². The largest absolute Gasteiger partial charge is 0.387 e. The van der Waals surface area contributed by atoms with Crippen LogP contribution in [-0.4, -0.2) is 17.9 Å². The third kappa shape index (κ3) is 3.01. The van der Waals surface area contributed by atoms with Crippen molar-refractivity contribution in [3.63, 3.8) is 0 Å². The number of nitro benzene ring substituents is 1. The van der Waals surface area contributed by atoms with Gasteiger partial charge in [-0.2, -0.15) is 0 Å². The molecule has 118 valence electrons. The van der Waals surface area contributed by atoms with Gasteiger partial charge in [-0.1, -0.05) is 6.07 Å². The number of nitrogens with one attached hydrogen (secondary N) is 2. The number of carbonyl (C=O) groups is 1. The molecule has 2 N–H and O–H groups in total. The molecule has 0 heterocycles. The van der Waals surface area contributed by atoms with E-state index in [-0.39, 0.29) is 17.2 Å². The van der Waals surface area contributed by atoms with E-state index >= 15 is 0 Å². The normalized spacial score (nSPS) is 12.6. The summed E-state index contributed by atoms with van der Waals surface area (Å²) >= 11 is 0. The lowest BCUT2D eigenvalue weighted by atomic mass is 10.1. The highest BCUT2D eigenvalue weighted by atomic mass is 16.6. The number of anilines is 2. The van der Waals surface area contributed by atoms with Gasteiger partial charge in [-0.3, -0.25) is 14.9 Å². The minimum absolute atomic E-state index is 0.108. The van der Waals surface area contributed by atoms with Crippen LogP contribution >= 0.6 is 0 Å². The number of nitrogens with zero attached hydrogens (tertiary/aromatic N) is 1. The van der Waals surface area contributed by atoms with Gasteiger partial charge in [-0.05, 0) is 48.6 Å². The Bertz CT molecular complexity index is 787. The summed E-state index contributed by atoms with van der Waals surface area (Å²) in [5, 5.41) is 16.6. The van der Waals surface area contributed by atoms with E-state index in [0.717, 1.165) is 19.3 Å². The van der Waals surface area contributed by atoms with Crippen LogP contribution in [0.15, 0.2) is 36.4 Å². The van der Waals surface area contributed by atoms with Crippen molar-refractivity contribution in [3.05, 3.63) is 63.2 Å². The van der Waals surface area contributed by atoms with Gasteiger partial charge >= 0.3 is 0 Å². The summed E-state index contributed by atoms with van der Waals surface area (Å²) in [6.07, 6.45) is 3.25. The molecule has 0 unspecified atom stereocenters. The average molecular weight is 311 g/mol. The lowest BCUT2D eigenvalue weighted by Crippen LogP contribution is -2.14. The van der Waals surface area contributed by atoms with Crippen molar-refractivity contribution >= 4 is 23.0 Å². The van der Waals surface area contributed by atoms with E-state index in [1.807, 2.05) is 18.2 Å². The highest BCUT2D eigenvalue weighted by Crippen LogP contribution is 2.26. The first-order chi connectivity index (χ1) is 11.1. The van der Waals surface area contributed by atoms with E-state index < -0.39 is 4.92 Å². The fourth-order valence-electron chi connectivity index (χ4n) is 2.90. The van der Waals surface area contributed by atoms with E-state index in [1.54, 1.807) is 7.05 Å². The summed E-state index contributed by atoms with van der Waals surface area (Å²) in [5.41, 5.74) is 3.99. The molecule has 0 fully saturated rings. The fraction of sp³-hybridized carbons (Fsp3) is 0.235. The molecule has 1 amide bonds. The van der Waals surface area contributed by atoms with E-state index in [4.69, 9.17) is 0 Å². The van der Waals surface area contributed by atoms with Crippen molar-refractivity contribution < 1.29 is 9.72 Å². The monoisotopic (exact) mass is 311 g/mol. The highest BCUT2D eigenvalue weighted by molar-refractivity contribution is 6.08. The second-order valence-corrected chi connectivity index (χ2v) is 5.53.